The van der Waals surface area contributed by atoms with E-state index in [2.05, 4.69) is 10.6 Å². The molecule has 1 aliphatic rings. The van der Waals surface area contributed by atoms with Gasteiger partial charge in [0, 0.05) is 29.2 Å². The van der Waals surface area contributed by atoms with Crippen molar-refractivity contribution in [2.45, 2.75) is 25.8 Å². The van der Waals surface area contributed by atoms with E-state index >= 15 is 0 Å². The molecular weight excluding hydrogens is 198 g/mol. The number of fused-ring (bicyclic) bond motifs is 1. The Balaban J connectivity index is 2.05. The first kappa shape index (κ1) is 9.64. The van der Waals surface area contributed by atoms with Gasteiger partial charge in [0.15, 0.2) is 6.29 Å². The van der Waals surface area contributed by atoms with E-state index in [9.17, 15) is 4.79 Å². The summed E-state index contributed by atoms with van der Waals surface area (Å²) in [7, 11) is 0. The van der Waals surface area contributed by atoms with Crippen LogP contribution in [0.15, 0.2) is 30.5 Å². The van der Waals surface area contributed by atoms with Gasteiger partial charge in [-0.1, -0.05) is 24.6 Å². The molecule has 0 unspecified atom stereocenters. The van der Waals surface area contributed by atoms with E-state index in [1.807, 2.05) is 24.4 Å². The molecule has 0 saturated heterocycles. The summed E-state index contributed by atoms with van der Waals surface area (Å²) in [6.07, 6.45) is 6.99. The maximum Gasteiger partial charge on any atom is 0.152 e. The minimum atomic E-state index is 0.815. The van der Waals surface area contributed by atoms with Gasteiger partial charge in [-0.2, -0.15) is 0 Å². The van der Waals surface area contributed by atoms with Gasteiger partial charge in [0.25, 0.3) is 0 Å². The average molecular weight is 213 g/mol. The van der Waals surface area contributed by atoms with Gasteiger partial charge in [0.05, 0.1) is 0 Å². The third-order valence-electron chi connectivity index (χ3n) is 3.63. The summed E-state index contributed by atoms with van der Waals surface area (Å²) in [4.78, 5) is 11.0. The fraction of sp³-hybridized carbons (Fsp3) is 0.357. The molecule has 1 heterocycles. The van der Waals surface area contributed by atoms with Crippen LogP contribution in [-0.4, -0.2) is 10.9 Å². The number of hydrogen-bond donors (Lipinski definition) is 0. The molecule has 1 aromatic heterocycles. The molecule has 2 aromatic rings. The Hall–Kier alpha value is -1.57. The van der Waals surface area contributed by atoms with Crippen LogP contribution in [0.4, 0.5) is 0 Å². The third-order valence-corrected chi connectivity index (χ3v) is 3.63. The van der Waals surface area contributed by atoms with Gasteiger partial charge in [-0.3, -0.25) is 4.79 Å². The zero-order valence-corrected chi connectivity index (χ0v) is 9.23. The molecule has 0 bridgehead atoms. The molecular formula is C14H15NO. The van der Waals surface area contributed by atoms with Crippen LogP contribution in [0.5, 0.6) is 0 Å². The van der Waals surface area contributed by atoms with Gasteiger partial charge in [0.2, 0.25) is 0 Å². The van der Waals surface area contributed by atoms with E-state index in [0.29, 0.717) is 0 Å². The molecule has 3 rings (SSSR count). The molecule has 1 fully saturated rings. The normalized spacial score (nSPS) is 16.2. The highest BCUT2D eigenvalue weighted by Gasteiger charge is 2.19. The second kappa shape index (κ2) is 3.78. The van der Waals surface area contributed by atoms with Crippen LogP contribution in [0, 0.1) is 5.92 Å². The molecule has 82 valence electrons. The Morgan fingerprint density at radius 2 is 2.12 bits per heavy atom. The van der Waals surface area contributed by atoms with Crippen LogP contribution >= 0.6 is 0 Å². The number of carbonyl (C=O) groups excluding carboxylic acids is 1. The second-order valence-electron chi connectivity index (χ2n) is 4.67. The van der Waals surface area contributed by atoms with Crippen molar-refractivity contribution in [2.24, 2.45) is 5.92 Å². The molecule has 0 N–H and O–H groups in total. The quantitative estimate of drug-likeness (QED) is 0.717. The summed E-state index contributed by atoms with van der Waals surface area (Å²) >= 11 is 0. The number of aldehydes is 1. The number of hydrogen-bond acceptors (Lipinski definition) is 1. The molecule has 0 radical (unpaired) electrons. The SMILES string of the molecule is O=Cc1cn(CC2CCC2)c2ccccc12. The van der Waals surface area contributed by atoms with E-state index in [1.54, 1.807) is 0 Å². The number of rotatable bonds is 3. The van der Waals surface area contributed by atoms with Crippen LogP contribution in [0.2, 0.25) is 0 Å². The number of carbonyl (C=O) groups is 1. The lowest BCUT2D eigenvalue weighted by Gasteiger charge is -2.26. The lowest BCUT2D eigenvalue weighted by molar-refractivity contribution is 0.112. The lowest BCUT2D eigenvalue weighted by atomic mass is 9.85. The monoisotopic (exact) mass is 213 g/mol. The van der Waals surface area contributed by atoms with Gasteiger partial charge in [-0.05, 0) is 24.8 Å². The van der Waals surface area contributed by atoms with Crippen molar-refractivity contribution in [3.63, 3.8) is 0 Å². The van der Waals surface area contributed by atoms with Crippen LogP contribution in [0.1, 0.15) is 29.6 Å². The fourth-order valence-electron chi connectivity index (χ4n) is 2.47. The Morgan fingerprint density at radius 1 is 1.31 bits per heavy atom. The van der Waals surface area contributed by atoms with Crippen LogP contribution in [0.25, 0.3) is 10.9 Å². The first-order valence-electron chi connectivity index (χ1n) is 5.91. The van der Waals surface area contributed by atoms with Crippen molar-refractivity contribution >= 4 is 17.2 Å². The first-order valence-corrected chi connectivity index (χ1v) is 5.91. The van der Waals surface area contributed by atoms with Crippen molar-refractivity contribution in [1.82, 2.24) is 4.57 Å². The predicted molar refractivity (Wildman–Crippen MR) is 64.7 cm³/mol. The molecule has 1 aliphatic carbocycles. The summed E-state index contributed by atoms with van der Waals surface area (Å²) in [5.41, 5.74) is 2.01. The minimum absolute atomic E-state index is 0.815. The van der Waals surface area contributed by atoms with Crippen molar-refractivity contribution in [1.29, 1.82) is 0 Å². The van der Waals surface area contributed by atoms with E-state index in [4.69, 9.17) is 0 Å². The highest BCUT2D eigenvalue weighted by molar-refractivity contribution is 5.97. The summed E-state index contributed by atoms with van der Waals surface area (Å²) in [6.45, 7) is 1.06. The van der Waals surface area contributed by atoms with Crippen molar-refractivity contribution in [3.8, 4) is 0 Å². The van der Waals surface area contributed by atoms with E-state index in [0.717, 1.165) is 29.7 Å². The Labute approximate surface area is 94.9 Å². The van der Waals surface area contributed by atoms with Crippen LogP contribution in [-0.2, 0) is 6.54 Å². The standard InChI is InChI=1S/C14H15NO/c16-10-12-9-15(8-11-4-3-5-11)14-7-2-1-6-13(12)14/h1-2,6-7,9-11H,3-5,8H2. The summed E-state index contributed by atoms with van der Waals surface area (Å²) in [5, 5.41) is 1.08. The highest BCUT2D eigenvalue weighted by Crippen LogP contribution is 2.30. The maximum absolute atomic E-state index is 11.0. The number of nitrogens with zero attached hydrogens (tertiary/aromatic N) is 1. The minimum Gasteiger partial charge on any atom is -0.346 e. The zero-order chi connectivity index (χ0) is 11.0. The molecule has 2 nitrogen and oxygen atoms in total. The zero-order valence-electron chi connectivity index (χ0n) is 9.23. The predicted octanol–water partition coefficient (Wildman–Crippen LogP) is 3.25. The van der Waals surface area contributed by atoms with E-state index in [-0.39, 0.29) is 0 Å². The summed E-state index contributed by atoms with van der Waals surface area (Å²) in [5.74, 6) is 0.815. The highest BCUT2D eigenvalue weighted by atomic mass is 16.1. The van der Waals surface area contributed by atoms with Crippen LogP contribution in [0.3, 0.4) is 0 Å². The van der Waals surface area contributed by atoms with Crippen molar-refractivity contribution < 1.29 is 4.79 Å². The van der Waals surface area contributed by atoms with E-state index < -0.39 is 0 Å². The third kappa shape index (κ3) is 1.45. The number of benzene rings is 1. The van der Waals surface area contributed by atoms with Gasteiger partial charge in [0.1, 0.15) is 0 Å². The average Bonchev–Trinajstić information content (AvgIpc) is 2.62. The molecule has 0 atom stereocenters. The molecule has 0 spiro atoms. The molecule has 1 aromatic carbocycles. The Morgan fingerprint density at radius 3 is 2.81 bits per heavy atom. The van der Waals surface area contributed by atoms with Gasteiger partial charge in [-0.15, -0.1) is 0 Å². The second-order valence-corrected chi connectivity index (χ2v) is 4.67. The van der Waals surface area contributed by atoms with Crippen molar-refractivity contribution in [3.05, 3.63) is 36.0 Å². The van der Waals surface area contributed by atoms with Crippen LogP contribution < -0.4 is 0 Å². The molecule has 0 amide bonds. The maximum atomic E-state index is 11.0. The fourth-order valence-corrected chi connectivity index (χ4v) is 2.47. The number of aromatic nitrogens is 1. The van der Waals surface area contributed by atoms with Gasteiger partial charge in [-0.25, -0.2) is 0 Å². The lowest BCUT2D eigenvalue weighted by Crippen LogP contribution is -2.17. The summed E-state index contributed by atoms with van der Waals surface area (Å²) in [6, 6.07) is 8.15. The van der Waals surface area contributed by atoms with Crippen molar-refractivity contribution in [2.75, 3.05) is 0 Å². The first-order chi connectivity index (χ1) is 7.88. The Kier molecular flexibility index (Phi) is 2.28. The molecule has 2 heteroatoms. The molecule has 0 aliphatic heterocycles. The Bertz CT molecular complexity index is 523. The largest absolute Gasteiger partial charge is 0.346 e. The van der Waals surface area contributed by atoms with E-state index in [1.165, 1.54) is 24.8 Å². The summed E-state index contributed by atoms with van der Waals surface area (Å²) < 4.78 is 2.24. The molecule has 1 saturated carbocycles. The number of para-hydroxylation sites is 1. The van der Waals surface area contributed by atoms with Gasteiger partial charge < -0.3 is 4.57 Å². The topological polar surface area (TPSA) is 22.0 Å². The molecule has 16 heavy (non-hydrogen) atoms. The smallest absolute Gasteiger partial charge is 0.152 e. The van der Waals surface area contributed by atoms with Gasteiger partial charge >= 0.3 is 0 Å².